The number of halogens is 1. The minimum atomic E-state index is -3.67. The molecule has 1 aromatic heterocycles. The Labute approximate surface area is 166 Å². The van der Waals surface area contributed by atoms with Crippen molar-refractivity contribution in [3.8, 4) is 11.6 Å². The van der Waals surface area contributed by atoms with E-state index in [1.165, 1.54) is 7.11 Å². The third-order valence-electron chi connectivity index (χ3n) is 3.65. The molecule has 2 heterocycles. The third kappa shape index (κ3) is 6.44. The summed E-state index contributed by atoms with van der Waals surface area (Å²) < 4.78 is 41.6. The van der Waals surface area contributed by atoms with Gasteiger partial charge in [0, 0.05) is 19.0 Å². The minimum absolute atomic E-state index is 0.184. The average molecular weight is 434 g/mol. The van der Waals surface area contributed by atoms with E-state index in [0.717, 1.165) is 0 Å². The number of hydrogen-bond acceptors (Lipinski definition) is 9. The van der Waals surface area contributed by atoms with Crippen LogP contribution >= 0.6 is 11.6 Å². The molecule has 0 radical (unpaired) electrons. The Morgan fingerprint density at radius 3 is 2.57 bits per heavy atom. The van der Waals surface area contributed by atoms with Crippen LogP contribution < -0.4 is 14.8 Å². The summed E-state index contributed by atoms with van der Waals surface area (Å²) in [6, 6.07) is 4.95. The van der Waals surface area contributed by atoms with Crippen LogP contribution in [0.2, 0.25) is 5.15 Å². The standard InChI is InChI=1S/C15H16ClN3O4.CH4O3S/c1-21-8-3-4-10-11(5-8)19-14(13(16)18-10)23-9-6-12(17-7-9)15(20)22-2;1-5(2,3)4/h3-5,9,12,17H,6-7H2,1-2H3;1H3,(H,2,3,4). The van der Waals surface area contributed by atoms with Gasteiger partial charge in [0.05, 0.1) is 31.5 Å². The highest BCUT2D eigenvalue weighted by Gasteiger charge is 2.32. The number of esters is 1. The van der Waals surface area contributed by atoms with Gasteiger partial charge in [0.15, 0.2) is 5.15 Å². The fraction of sp³-hybridized carbons (Fsp3) is 0.438. The molecule has 3 rings (SSSR count). The van der Waals surface area contributed by atoms with Crippen LogP contribution in [0.15, 0.2) is 18.2 Å². The molecule has 2 atom stereocenters. The number of hydrogen-bond donors (Lipinski definition) is 2. The Morgan fingerprint density at radius 2 is 1.96 bits per heavy atom. The van der Waals surface area contributed by atoms with Gasteiger partial charge < -0.3 is 19.5 Å². The van der Waals surface area contributed by atoms with Gasteiger partial charge >= 0.3 is 5.97 Å². The van der Waals surface area contributed by atoms with Crippen molar-refractivity contribution in [2.24, 2.45) is 0 Å². The SMILES string of the molecule is COC(=O)C1CC(Oc2nc3cc(OC)ccc3nc2Cl)CN1.CS(=O)(=O)O. The molecule has 0 aliphatic carbocycles. The zero-order valence-corrected chi connectivity index (χ0v) is 17.0. The molecule has 1 aliphatic rings. The first-order chi connectivity index (χ1) is 13.1. The van der Waals surface area contributed by atoms with Crippen LogP contribution in [-0.4, -0.2) is 68.1 Å². The largest absolute Gasteiger partial charge is 0.497 e. The van der Waals surface area contributed by atoms with E-state index in [9.17, 15) is 13.2 Å². The lowest BCUT2D eigenvalue weighted by Gasteiger charge is -2.13. The zero-order chi connectivity index (χ0) is 20.9. The molecule has 10 nitrogen and oxygen atoms in total. The summed E-state index contributed by atoms with van der Waals surface area (Å²) in [6.45, 7) is 0.508. The molecule has 0 saturated carbocycles. The van der Waals surface area contributed by atoms with E-state index in [1.807, 2.05) is 0 Å². The van der Waals surface area contributed by atoms with Crippen LogP contribution in [-0.2, 0) is 19.6 Å². The number of aromatic nitrogens is 2. The van der Waals surface area contributed by atoms with Gasteiger partial charge in [0.2, 0.25) is 0 Å². The van der Waals surface area contributed by atoms with Crippen molar-refractivity contribution in [2.45, 2.75) is 18.6 Å². The summed E-state index contributed by atoms with van der Waals surface area (Å²) in [6.07, 6.45) is 0.974. The minimum Gasteiger partial charge on any atom is -0.497 e. The average Bonchev–Trinajstić information content (AvgIpc) is 3.08. The molecule has 1 fully saturated rings. The molecule has 28 heavy (non-hydrogen) atoms. The topological polar surface area (TPSA) is 137 Å². The fourth-order valence-corrected chi connectivity index (χ4v) is 2.65. The smallest absolute Gasteiger partial charge is 0.323 e. The Bertz CT molecular complexity index is 947. The summed E-state index contributed by atoms with van der Waals surface area (Å²) in [5.74, 6) is 0.606. The first-order valence-corrected chi connectivity index (χ1v) is 10.2. The van der Waals surface area contributed by atoms with Crippen molar-refractivity contribution in [2.75, 3.05) is 27.0 Å². The van der Waals surface area contributed by atoms with Gasteiger partial charge in [-0.3, -0.25) is 9.35 Å². The number of nitrogens with zero attached hydrogens (tertiary/aromatic N) is 2. The molecule has 12 heteroatoms. The highest BCUT2D eigenvalue weighted by Crippen LogP contribution is 2.27. The lowest BCUT2D eigenvalue weighted by Crippen LogP contribution is -2.31. The molecule has 0 bridgehead atoms. The van der Waals surface area contributed by atoms with Crippen molar-refractivity contribution >= 4 is 38.7 Å². The first kappa shape index (κ1) is 22.1. The van der Waals surface area contributed by atoms with E-state index in [4.69, 9.17) is 30.4 Å². The number of nitrogens with one attached hydrogen (secondary N) is 1. The fourth-order valence-electron chi connectivity index (χ4n) is 2.47. The number of benzene rings is 1. The van der Waals surface area contributed by atoms with E-state index in [2.05, 4.69) is 15.3 Å². The van der Waals surface area contributed by atoms with E-state index >= 15 is 0 Å². The molecular formula is C16H20ClN3O7S. The quantitative estimate of drug-likeness (QED) is 0.532. The zero-order valence-electron chi connectivity index (χ0n) is 15.4. The summed E-state index contributed by atoms with van der Waals surface area (Å²) in [4.78, 5) is 20.2. The van der Waals surface area contributed by atoms with E-state index in [0.29, 0.717) is 36.0 Å². The maximum Gasteiger partial charge on any atom is 0.323 e. The molecule has 1 aromatic carbocycles. The van der Waals surface area contributed by atoms with E-state index in [-0.39, 0.29) is 29.1 Å². The van der Waals surface area contributed by atoms with Gasteiger partial charge in [-0.05, 0) is 12.1 Å². The van der Waals surface area contributed by atoms with Crippen molar-refractivity contribution in [3.05, 3.63) is 23.4 Å². The molecule has 2 N–H and O–H groups in total. The van der Waals surface area contributed by atoms with Crippen LogP contribution in [0.1, 0.15) is 6.42 Å². The number of ether oxygens (including phenoxy) is 3. The van der Waals surface area contributed by atoms with Crippen LogP contribution in [0.3, 0.4) is 0 Å². The lowest BCUT2D eigenvalue weighted by molar-refractivity contribution is -0.142. The molecular weight excluding hydrogens is 414 g/mol. The Morgan fingerprint density at radius 1 is 1.29 bits per heavy atom. The van der Waals surface area contributed by atoms with Crippen LogP contribution in [0.25, 0.3) is 11.0 Å². The van der Waals surface area contributed by atoms with Crippen LogP contribution in [0, 0.1) is 0 Å². The van der Waals surface area contributed by atoms with Crippen LogP contribution in [0.5, 0.6) is 11.6 Å². The predicted molar refractivity (Wildman–Crippen MR) is 101 cm³/mol. The summed E-state index contributed by atoms with van der Waals surface area (Å²) in [5, 5.41) is 3.23. The van der Waals surface area contributed by atoms with Gasteiger partial charge in [-0.1, -0.05) is 11.6 Å². The Kier molecular flexibility index (Phi) is 7.35. The number of fused-ring (bicyclic) bond motifs is 1. The highest BCUT2D eigenvalue weighted by atomic mass is 35.5. The summed E-state index contributed by atoms with van der Waals surface area (Å²) >= 11 is 6.14. The second-order valence-electron chi connectivity index (χ2n) is 5.87. The molecule has 154 valence electrons. The van der Waals surface area contributed by atoms with Gasteiger partial charge in [-0.25, -0.2) is 9.97 Å². The van der Waals surface area contributed by atoms with Crippen molar-refractivity contribution in [1.29, 1.82) is 0 Å². The van der Waals surface area contributed by atoms with Gasteiger partial charge in [0.25, 0.3) is 16.0 Å². The molecule has 1 saturated heterocycles. The van der Waals surface area contributed by atoms with Gasteiger partial charge in [-0.2, -0.15) is 8.42 Å². The number of carbonyl (C=O) groups is 1. The summed E-state index contributed by atoms with van der Waals surface area (Å²) in [5.41, 5.74) is 1.28. The number of carbonyl (C=O) groups excluding carboxylic acids is 1. The Balaban J connectivity index is 0.000000500. The second-order valence-corrected chi connectivity index (χ2v) is 7.69. The maximum absolute atomic E-state index is 11.5. The predicted octanol–water partition coefficient (Wildman–Crippen LogP) is 1.08. The van der Waals surface area contributed by atoms with E-state index < -0.39 is 10.1 Å². The Hall–Kier alpha value is -2.21. The van der Waals surface area contributed by atoms with Crippen LogP contribution in [0.4, 0.5) is 0 Å². The molecule has 2 unspecified atom stereocenters. The number of methoxy groups -OCH3 is 2. The van der Waals surface area contributed by atoms with Crippen molar-refractivity contribution in [1.82, 2.24) is 15.3 Å². The van der Waals surface area contributed by atoms with Gasteiger partial charge in [-0.15, -0.1) is 0 Å². The highest BCUT2D eigenvalue weighted by molar-refractivity contribution is 7.85. The normalized spacial score (nSPS) is 18.9. The van der Waals surface area contributed by atoms with E-state index in [1.54, 1.807) is 25.3 Å². The first-order valence-electron chi connectivity index (χ1n) is 8.02. The summed E-state index contributed by atoms with van der Waals surface area (Å²) in [7, 11) is -0.726. The monoisotopic (exact) mass is 433 g/mol. The molecule has 0 spiro atoms. The third-order valence-corrected chi connectivity index (χ3v) is 3.90. The number of rotatable bonds is 4. The lowest BCUT2D eigenvalue weighted by atomic mass is 10.2. The van der Waals surface area contributed by atoms with Crippen molar-refractivity contribution < 1.29 is 32.0 Å². The molecule has 2 aromatic rings. The molecule has 1 aliphatic heterocycles. The van der Waals surface area contributed by atoms with Crippen molar-refractivity contribution in [3.63, 3.8) is 0 Å². The maximum atomic E-state index is 11.5. The van der Waals surface area contributed by atoms with Gasteiger partial charge in [0.1, 0.15) is 17.9 Å². The molecule has 0 amide bonds. The second kappa shape index (κ2) is 9.32.